The summed E-state index contributed by atoms with van der Waals surface area (Å²) in [6, 6.07) is 18.4. The highest BCUT2D eigenvalue weighted by Gasteiger charge is 2.26. The predicted octanol–water partition coefficient (Wildman–Crippen LogP) is 3.76. The molecule has 3 aromatic rings. The van der Waals surface area contributed by atoms with E-state index in [0.29, 0.717) is 17.1 Å². The summed E-state index contributed by atoms with van der Waals surface area (Å²) >= 11 is 0. The first-order valence-corrected chi connectivity index (χ1v) is 7.87. The first-order chi connectivity index (χ1) is 12.3. The molecular weight excluding hydrogens is 318 g/mol. The molecule has 2 aromatic carbocycles. The molecule has 0 N–H and O–H groups in total. The Labute approximate surface area is 144 Å². The van der Waals surface area contributed by atoms with Gasteiger partial charge >= 0.3 is 5.97 Å². The molecule has 1 aliphatic rings. The Morgan fingerprint density at radius 1 is 0.960 bits per heavy atom. The molecule has 124 valence electrons. The van der Waals surface area contributed by atoms with Gasteiger partial charge in [0.1, 0.15) is 5.56 Å². The van der Waals surface area contributed by atoms with Crippen LogP contribution >= 0.6 is 0 Å². The summed E-state index contributed by atoms with van der Waals surface area (Å²) in [6.45, 7) is 0.102. The van der Waals surface area contributed by atoms with Crippen molar-refractivity contribution in [1.82, 2.24) is 4.98 Å². The zero-order valence-corrected chi connectivity index (χ0v) is 13.3. The molecule has 2 heterocycles. The van der Waals surface area contributed by atoms with Gasteiger partial charge in [0.2, 0.25) is 6.79 Å². The second-order valence-electron chi connectivity index (χ2n) is 5.52. The fourth-order valence-electron chi connectivity index (χ4n) is 2.75. The number of hydrogen-bond acceptors (Lipinski definition) is 5. The van der Waals surface area contributed by atoms with Crippen LogP contribution < -0.4 is 9.47 Å². The minimum atomic E-state index is -0.555. The number of esters is 1. The van der Waals surface area contributed by atoms with E-state index >= 15 is 0 Å². The summed E-state index contributed by atoms with van der Waals surface area (Å²) in [4.78, 5) is 16.9. The zero-order chi connectivity index (χ0) is 17.1. The maximum Gasteiger partial charge on any atom is 0.343 e. The van der Waals surface area contributed by atoms with E-state index in [4.69, 9.17) is 14.2 Å². The van der Waals surface area contributed by atoms with Crippen LogP contribution in [0.1, 0.15) is 27.6 Å². The number of ether oxygens (including phenoxy) is 3. The van der Waals surface area contributed by atoms with E-state index in [1.807, 2.05) is 42.5 Å². The highest BCUT2D eigenvalue weighted by Crippen LogP contribution is 2.37. The van der Waals surface area contributed by atoms with Crippen LogP contribution in [-0.4, -0.2) is 17.7 Å². The molecule has 5 nitrogen and oxygen atoms in total. The van der Waals surface area contributed by atoms with Gasteiger partial charge in [-0.1, -0.05) is 42.5 Å². The highest BCUT2D eigenvalue weighted by molar-refractivity contribution is 5.94. The molecule has 1 aliphatic heterocycles. The van der Waals surface area contributed by atoms with Crippen molar-refractivity contribution in [2.75, 3.05) is 6.79 Å². The average Bonchev–Trinajstić information content (AvgIpc) is 3.16. The van der Waals surface area contributed by atoms with E-state index in [9.17, 15) is 4.79 Å². The lowest BCUT2D eigenvalue weighted by atomic mass is 10.0. The zero-order valence-electron chi connectivity index (χ0n) is 13.3. The number of para-hydroxylation sites is 1. The Bertz CT molecular complexity index is 841. The molecule has 4 rings (SSSR count). The summed E-state index contributed by atoms with van der Waals surface area (Å²) in [5, 5.41) is 0. The standard InChI is InChI=1S/C20H15NO4/c22-20(16-9-4-10-17-19(16)24-13-23-17)25-18(14-6-2-1-3-7-14)15-8-5-11-21-12-15/h1-12,18H,13H2/t18-/m0/s1. The Morgan fingerprint density at radius 2 is 1.80 bits per heavy atom. The van der Waals surface area contributed by atoms with Crippen molar-refractivity contribution in [2.24, 2.45) is 0 Å². The van der Waals surface area contributed by atoms with Crippen LogP contribution in [0.25, 0.3) is 0 Å². The molecule has 5 heteroatoms. The number of benzene rings is 2. The van der Waals surface area contributed by atoms with Crippen LogP contribution in [0.2, 0.25) is 0 Å². The van der Waals surface area contributed by atoms with Crippen molar-refractivity contribution in [1.29, 1.82) is 0 Å². The molecule has 0 bridgehead atoms. The molecule has 0 radical (unpaired) electrons. The number of pyridine rings is 1. The predicted molar refractivity (Wildman–Crippen MR) is 90.5 cm³/mol. The SMILES string of the molecule is O=C(O[C@@H](c1ccccc1)c1cccnc1)c1cccc2c1OCO2. The molecule has 0 fully saturated rings. The smallest absolute Gasteiger partial charge is 0.343 e. The van der Waals surface area contributed by atoms with Gasteiger partial charge < -0.3 is 14.2 Å². The van der Waals surface area contributed by atoms with Crippen LogP contribution in [0.15, 0.2) is 73.1 Å². The molecule has 0 unspecified atom stereocenters. The summed E-state index contributed by atoms with van der Waals surface area (Å²) in [5.74, 6) is 0.498. The third-order valence-corrected chi connectivity index (χ3v) is 3.93. The summed E-state index contributed by atoms with van der Waals surface area (Å²) < 4.78 is 16.6. The first-order valence-electron chi connectivity index (χ1n) is 7.87. The lowest BCUT2D eigenvalue weighted by Gasteiger charge is -2.19. The second kappa shape index (κ2) is 6.65. The first kappa shape index (κ1) is 15.2. The lowest BCUT2D eigenvalue weighted by Crippen LogP contribution is -2.13. The van der Waals surface area contributed by atoms with E-state index in [0.717, 1.165) is 11.1 Å². The van der Waals surface area contributed by atoms with Crippen molar-refractivity contribution in [3.63, 3.8) is 0 Å². The van der Waals surface area contributed by atoms with E-state index in [-0.39, 0.29) is 6.79 Å². The van der Waals surface area contributed by atoms with Gasteiger partial charge in [-0.05, 0) is 23.8 Å². The molecular formula is C20H15NO4. The van der Waals surface area contributed by atoms with E-state index < -0.39 is 12.1 Å². The summed E-state index contributed by atoms with van der Waals surface area (Å²) in [5.41, 5.74) is 2.01. The van der Waals surface area contributed by atoms with Crippen molar-refractivity contribution < 1.29 is 19.0 Å². The van der Waals surface area contributed by atoms with E-state index in [1.165, 1.54) is 0 Å². The Kier molecular flexibility index (Phi) is 4.04. The Morgan fingerprint density at radius 3 is 2.60 bits per heavy atom. The molecule has 1 atom stereocenters. The van der Waals surface area contributed by atoms with Gasteiger partial charge in [0.25, 0.3) is 0 Å². The van der Waals surface area contributed by atoms with Gasteiger partial charge in [-0.15, -0.1) is 0 Å². The number of carbonyl (C=O) groups is 1. The van der Waals surface area contributed by atoms with Gasteiger partial charge in [0.05, 0.1) is 0 Å². The topological polar surface area (TPSA) is 57.7 Å². The van der Waals surface area contributed by atoms with Crippen LogP contribution in [-0.2, 0) is 4.74 Å². The van der Waals surface area contributed by atoms with Gasteiger partial charge in [0, 0.05) is 18.0 Å². The number of hydrogen-bond donors (Lipinski definition) is 0. The minimum Gasteiger partial charge on any atom is -0.454 e. The largest absolute Gasteiger partial charge is 0.454 e. The molecule has 1 aromatic heterocycles. The van der Waals surface area contributed by atoms with Gasteiger partial charge in [-0.2, -0.15) is 0 Å². The maximum atomic E-state index is 12.8. The fourth-order valence-corrected chi connectivity index (χ4v) is 2.75. The van der Waals surface area contributed by atoms with Crippen molar-refractivity contribution in [2.45, 2.75) is 6.10 Å². The number of carbonyl (C=O) groups excluding carboxylic acids is 1. The molecule has 0 aliphatic carbocycles. The minimum absolute atomic E-state index is 0.102. The number of aromatic nitrogens is 1. The van der Waals surface area contributed by atoms with E-state index in [2.05, 4.69) is 4.98 Å². The molecule has 25 heavy (non-hydrogen) atoms. The third kappa shape index (κ3) is 3.04. The van der Waals surface area contributed by atoms with Crippen LogP contribution in [0.3, 0.4) is 0 Å². The molecule has 0 spiro atoms. The quantitative estimate of drug-likeness (QED) is 0.681. The molecule has 0 amide bonds. The summed E-state index contributed by atoms with van der Waals surface area (Å²) in [6.07, 6.45) is 2.82. The van der Waals surface area contributed by atoms with Gasteiger partial charge in [0.15, 0.2) is 17.6 Å². The number of fused-ring (bicyclic) bond motifs is 1. The van der Waals surface area contributed by atoms with Crippen molar-refractivity contribution in [3.05, 3.63) is 89.7 Å². The van der Waals surface area contributed by atoms with Crippen LogP contribution in [0, 0.1) is 0 Å². The lowest BCUT2D eigenvalue weighted by molar-refractivity contribution is 0.0373. The number of nitrogens with zero attached hydrogens (tertiary/aromatic N) is 1. The Hall–Kier alpha value is -3.34. The van der Waals surface area contributed by atoms with Gasteiger partial charge in [-0.3, -0.25) is 4.98 Å². The molecule has 0 saturated heterocycles. The highest BCUT2D eigenvalue weighted by atomic mass is 16.7. The number of rotatable bonds is 4. The average molecular weight is 333 g/mol. The van der Waals surface area contributed by atoms with E-state index in [1.54, 1.807) is 30.6 Å². The van der Waals surface area contributed by atoms with Gasteiger partial charge in [-0.25, -0.2) is 4.79 Å². The molecule has 0 saturated carbocycles. The van der Waals surface area contributed by atoms with Crippen molar-refractivity contribution in [3.8, 4) is 11.5 Å². The van der Waals surface area contributed by atoms with Crippen LogP contribution in [0.4, 0.5) is 0 Å². The normalized spacial score (nSPS) is 13.3. The monoisotopic (exact) mass is 333 g/mol. The fraction of sp³-hybridized carbons (Fsp3) is 0.100. The Balaban J connectivity index is 1.68. The van der Waals surface area contributed by atoms with Crippen LogP contribution in [0.5, 0.6) is 11.5 Å². The third-order valence-electron chi connectivity index (χ3n) is 3.93. The van der Waals surface area contributed by atoms with Crippen molar-refractivity contribution >= 4 is 5.97 Å². The second-order valence-corrected chi connectivity index (χ2v) is 5.52. The summed E-state index contributed by atoms with van der Waals surface area (Å²) in [7, 11) is 0. The maximum absolute atomic E-state index is 12.8.